The van der Waals surface area contributed by atoms with Crippen LogP contribution in [0.1, 0.15) is 32.1 Å². The zero-order valence-electron chi connectivity index (χ0n) is 12.5. The average Bonchev–Trinajstić information content (AvgIpc) is 2.88. The van der Waals surface area contributed by atoms with Crippen LogP contribution in [0.4, 0.5) is 5.69 Å². The first-order valence-corrected chi connectivity index (χ1v) is 7.52. The van der Waals surface area contributed by atoms with Crippen LogP contribution in [0.3, 0.4) is 0 Å². The molecule has 1 fully saturated rings. The topological polar surface area (TPSA) is 111 Å². The molecule has 122 valence electrons. The third-order valence-corrected chi connectivity index (χ3v) is 4.16. The average molecular weight is 319 g/mol. The van der Waals surface area contributed by atoms with Crippen molar-refractivity contribution >= 4 is 5.69 Å². The van der Waals surface area contributed by atoms with Crippen molar-refractivity contribution in [1.82, 2.24) is 9.78 Å². The highest BCUT2D eigenvalue weighted by molar-refractivity contribution is 5.55. The Morgan fingerprint density at radius 1 is 1.26 bits per heavy atom. The first-order chi connectivity index (χ1) is 11.0. The van der Waals surface area contributed by atoms with Crippen molar-refractivity contribution in [3.63, 3.8) is 0 Å². The number of nitrogens with zero attached hydrogens (tertiary/aromatic N) is 3. The van der Waals surface area contributed by atoms with E-state index in [2.05, 4.69) is 5.10 Å². The Balaban J connectivity index is 1.83. The van der Waals surface area contributed by atoms with Gasteiger partial charge in [-0.05, 0) is 25.0 Å². The van der Waals surface area contributed by atoms with E-state index in [4.69, 9.17) is 4.42 Å². The molecular weight excluding hydrogens is 302 g/mol. The fourth-order valence-corrected chi connectivity index (χ4v) is 2.90. The van der Waals surface area contributed by atoms with E-state index < -0.39 is 16.3 Å². The van der Waals surface area contributed by atoms with Crippen molar-refractivity contribution in [1.29, 1.82) is 0 Å². The number of aromatic nitrogens is 2. The first-order valence-electron chi connectivity index (χ1n) is 7.52. The fraction of sp³-hybridized carbons (Fsp3) is 0.467. The third-order valence-electron chi connectivity index (χ3n) is 4.16. The van der Waals surface area contributed by atoms with E-state index in [0.717, 1.165) is 23.9 Å². The number of hydrogen-bond acceptors (Lipinski definition) is 6. The van der Waals surface area contributed by atoms with Crippen LogP contribution >= 0.6 is 0 Å². The van der Waals surface area contributed by atoms with E-state index in [1.54, 1.807) is 0 Å². The molecule has 2 aromatic rings. The molecule has 0 spiro atoms. The molecular formula is C15H17N3O5. The van der Waals surface area contributed by atoms with E-state index in [1.807, 2.05) is 0 Å². The van der Waals surface area contributed by atoms with Crippen LogP contribution in [0.15, 0.2) is 33.5 Å². The predicted molar refractivity (Wildman–Crippen MR) is 80.9 cm³/mol. The maximum absolute atomic E-state index is 11.9. The van der Waals surface area contributed by atoms with Gasteiger partial charge in [-0.3, -0.25) is 10.1 Å². The number of aliphatic hydroxyl groups is 1. The van der Waals surface area contributed by atoms with Gasteiger partial charge in [-0.25, -0.2) is 4.79 Å². The highest BCUT2D eigenvalue weighted by Crippen LogP contribution is 2.29. The van der Waals surface area contributed by atoms with Crippen LogP contribution in [0, 0.1) is 10.1 Å². The van der Waals surface area contributed by atoms with Gasteiger partial charge in [0.15, 0.2) is 0 Å². The van der Waals surface area contributed by atoms with Gasteiger partial charge in [0.2, 0.25) is 5.89 Å². The summed E-state index contributed by atoms with van der Waals surface area (Å²) in [5.74, 6) is -0.554. The molecule has 1 aromatic heterocycles. The van der Waals surface area contributed by atoms with E-state index in [9.17, 15) is 20.0 Å². The second-order valence-electron chi connectivity index (χ2n) is 5.92. The van der Waals surface area contributed by atoms with Crippen LogP contribution in [0.2, 0.25) is 0 Å². The lowest BCUT2D eigenvalue weighted by Crippen LogP contribution is -2.39. The molecule has 1 aliphatic carbocycles. The standard InChI is InChI=1S/C15H17N3O5/c19-14-17(10-15(20)8-2-1-3-9-15)16-13(23-14)11-4-6-12(7-5-11)18(21)22/h4-7,20H,1-3,8-10H2. The normalized spacial score (nSPS) is 17.1. The summed E-state index contributed by atoms with van der Waals surface area (Å²) in [5, 5.41) is 25.3. The summed E-state index contributed by atoms with van der Waals surface area (Å²) >= 11 is 0. The molecule has 0 atom stereocenters. The van der Waals surface area contributed by atoms with Gasteiger partial charge >= 0.3 is 5.76 Å². The number of rotatable bonds is 4. The number of benzene rings is 1. The van der Waals surface area contributed by atoms with E-state index in [1.165, 1.54) is 24.3 Å². The summed E-state index contributed by atoms with van der Waals surface area (Å²) in [7, 11) is 0. The van der Waals surface area contributed by atoms with Crippen molar-refractivity contribution in [2.24, 2.45) is 0 Å². The Labute approximate surface area is 131 Å². The maximum Gasteiger partial charge on any atom is 0.437 e. The summed E-state index contributed by atoms with van der Waals surface area (Å²) in [6.45, 7) is 0.0995. The summed E-state index contributed by atoms with van der Waals surface area (Å²) in [6.07, 6.45) is 4.22. The van der Waals surface area contributed by atoms with Crippen molar-refractivity contribution < 1.29 is 14.4 Å². The first kappa shape index (κ1) is 15.4. The van der Waals surface area contributed by atoms with E-state index >= 15 is 0 Å². The summed E-state index contributed by atoms with van der Waals surface area (Å²) in [6, 6.07) is 5.60. The van der Waals surface area contributed by atoms with Gasteiger partial charge in [0.1, 0.15) is 0 Å². The van der Waals surface area contributed by atoms with Crippen LogP contribution in [-0.2, 0) is 6.54 Å². The fourth-order valence-electron chi connectivity index (χ4n) is 2.90. The molecule has 0 unspecified atom stereocenters. The van der Waals surface area contributed by atoms with Crippen LogP contribution in [0.25, 0.3) is 11.5 Å². The maximum atomic E-state index is 11.9. The molecule has 0 saturated heterocycles. The molecule has 1 heterocycles. The van der Waals surface area contributed by atoms with Crippen LogP contribution < -0.4 is 5.76 Å². The number of nitro benzene ring substituents is 1. The Hall–Kier alpha value is -2.48. The minimum absolute atomic E-state index is 0.0490. The zero-order valence-corrected chi connectivity index (χ0v) is 12.5. The molecule has 1 aromatic carbocycles. The summed E-state index contributed by atoms with van der Waals surface area (Å²) in [5.41, 5.74) is -0.500. The van der Waals surface area contributed by atoms with E-state index in [-0.39, 0.29) is 18.1 Å². The summed E-state index contributed by atoms with van der Waals surface area (Å²) < 4.78 is 6.23. The van der Waals surface area contributed by atoms with Gasteiger partial charge in [0.25, 0.3) is 5.69 Å². The number of nitro groups is 1. The van der Waals surface area contributed by atoms with Crippen molar-refractivity contribution in [3.8, 4) is 11.5 Å². The monoisotopic (exact) mass is 319 g/mol. The van der Waals surface area contributed by atoms with Crippen molar-refractivity contribution in [2.75, 3.05) is 0 Å². The molecule has 0 bridgehead atoms. The SMILES string of the molecule is O=c1oc(-c2ccc([N+](=O)[O-])cc2)nn1CC1(O)CCCCC1. The Kier molecular flexibility index (Phi) is 3.99. The molecule has 0 amide bonds. The molecule has 1 aliphatic rings. The van der Waals surface area contributed by atoms with E-state index in [0.29, 0.717) is 18.4 Å². The number of non-ortho nitro benzene ring substituents is 1. The largest absolute Gasteiger partial charge is 0.437 e. The Morgan fingerprint density at radius 3 is 2.52 bits per heavy atom. The molecule has 1 saturated carbocycles. The predicted octanol–water partition coefficient (Wildman–Crippen LogP) is 2.11. The van der Waals surface area contributed by atoms with Crippen LogP contribution in [0.5, 0.6) is 0 Å². The lowest BCUT2D eigenvalue weighted by Gasteiger charge is -2.31. The minimum atomic E-state index is -0.925. The lowest BCUT2D eigenvalue weighted by atomic mass is 9.85. The highest BCUT2D eigenvalue weighted by atomic mass is 16.6. The van der Waals surface area contributed by atoms with Crippen molar-refractivity contribution in [2.45, 2.75) is 44.2 Å². The third kappa shape index (κ3) is 3.31. The molecule has 0 radical (unpaired) electrons. The quantitative estimate of drug-likeness (QED) is 0.682. The Bertz CT molecular complexity index is 756. The van der Waals surface area contributed by atoms with Gasteiger partial charge in [0.05, 0.1) is 17.1 Å². The molecule has 1 N–H and O–H groups in total. The van der Waals surface area contributed by atoms with Crippen molar-refractivity contribution in [3.05, 3.63) is 44.9 Å². The smallest absolute Gasteiger partial charge is 0.388 e. The molecule has 8 heteroatoms. The number of hydrogen-bond donors (Lipinski definition) is 1. The molecule has 23 heavy (non-hydrogen) atoms. The second-order valence-corrected chi connectivity index (χ2v) is 5.92. The van der Waals surface area contributed by atoms with Gasteiger partial charge in [-0.1, -0.05) is 19.3 Å². The van der Waals surface area contributed by atoms with Gasteiger partial charge < -0.3 is 9.52 Å². The van der Waals surface area contributed by atoms with Gasteiger partial charge in [-0.2, -0.15) is 4.68 Å². The van der Waals surface area contributed by atoms with Gasteiger partial charge in [-0.15, -0.1) is 5.10 Å². The molecule has 0 aliphatic heterocycles. The Morgan fingerprint density at radius 2 is 1.91 bits per heavy atom. The highest BCUT2D eigenvalue weighted by Gasteiger charge is 2.31. The second kappa shape index (κ2) is 5.96. The zero-order chi connectivity index (χ0) is 16.4. The minimum Gasteiger partial charge on any atom is -0.388 e. The molecule has 3 rings (SSSR count). The molecule has 8 nitrogen and oxygen atoms in total. The van der Waals surface area contributed by atoms with Gasteiger partial charge in [0, 0.05) is 17.7 Å². The van der Waals surface area contributed by atoms with Crippen LogP contribution in [-0.4, -0.2) is 25.4 Å². The summed E-state index contributed by atoms with van der Waals surface area (Å²) in [4.78, 5) is 22.1. The lowest BCUT2D eigenvalue weighted by molar-refractivity contribution is -0.384.